The van der Waals surface area contributed by atoms with Crippen molar-refractivity contribution in [3.05, 3.63) is 22.7 Å². The lowest BCUT2D eigenvalue weighted by molar-refractivity contribution is 0.199. The SMILES string of the molecule is C#CCOc1c(Cl)cc(CNCCOC)cc1OC.Cl. The Hall–Kier alpha value is -1.12. The summed E-state index contributed by atoms with van der Waals surface area (Å²) in [7, 11) is 3.23. The van der Waals surface area contributed by atoms with E-state index in [4.69, 9.17) is 32.2 Å². The van der Waals surface area contributed by atoms with Gasteiger partial charge in [-0.15, -0.1) is 18.8 Å². The van der Waals surface area contributed by atoms with Crippen LogP contribution in [0.15, 0.2) is 12.1 Å². The van der Waals surface area contributed by atoms with Gasteiger partial charge in [-0.25, -0.2) is 0 Å². The molecule has 0 bridgehead atoms. The van der Waals surface area contributed by atoms with Gasteiger partial charge < -0.3 is 19.5 Å². The highest BCUT2D eigenvalue weighted by atomic mass is 35.5. The summed E-state index contributed by atoms with van der Waals surface area (Å²) in [5.74, 6) is 3.45. The van der Waals surface area contributed by atoms with Crippen molar-refractivity contribution in [2.45, 2.75) is 6.54 Å². The molecule has 1 rings (SSSR count). The minimum atomic E-state index is 0. The molecule has 0 aromatic heterocycles. The van der Waals surface area contributed by atoms with Crippen LogP contribution in [0, 0.1) is 12.3 Å². The standard InChI is InChI=1S/C14H18ClNO3.ClH/c1-4-6-19-14-12(15)8-11(9-13(14)18-3)10-16-5-7-17-2;/h1,8-9,16H,5-7,10H2,2-3H3;1H. The maximum atomic E-state index is 6.16. The van der Waals surface area contributed by atoms with Crippen molar-refractivity contribution in [3.8, 4) is 23.8 Å². The molecule has 0 radical (unpaired) electrons. The van der Waals surface area contributed by atoms with Gasteiger partial charge in [-0.05, 0) is 17.7 Å². The molecule has 1 aromatic rings. The van der Waals surface area contributed by atoms with Crippen LogP contribution >= 0.6 is 24.0 Å². The molecule has 0 fully saturated rings. The van der Waals surface area contributed by atoms with Crippen LogP contribution in [0.25, 0.3) is 0 Å². The van der Waals surface area contributed by atoms with E-state index in [0.717, 1.165) is 12.1 Å². The van der Waals surface area contributed by atoms with Crippen LogP contribution in [0.2, 0.25) is 5.02 Å². The van der Waals surface area contributed by atoms with Gasteiger partial charge in [-0.2, -0.15) is 0 Å². The Bertz CT molecular complexity index is 447. The molecular formula is C14H19Cl2NO3. The number of nitrogens with one attached hydrogen (secondary N) is 1. The summed E-state index contributed by atoms with van der Waals surface area (Å²) in [4.78, 5) is 0. The highest BCUT2D eigenvalue weighted by Crippen LogP contribution is 2.36. The number of rotatable bonds is 8. The first kappa shape index (κ1) is 18.9. The van der Waals surface area contributed by atoms with Crippen LogP contribution in [0.5, 0.6) is 11.5 Å². The van der Waals surface area contributed by atoms with E-state index in [1.54, 1.807) is 14.2 Å². The van der Waals surface area contributed by atoms with Crippen molar-refractivity contribution in [2.24, 2.45) is 0 Å². The molecular weight excluding hydrogens is 301 g/mol. The summed E-state index contributed by atoms with van der Waals surface area (Å²) in [5.41, 5.74) is 1.01. The largest absolute Gasteiger partial charge is 0.493 e. The predicted molar refractivity (Wildman–Crippen MR) is 83.2 cm³/mol. The van der Waals surface area contributed by atoms with E-state index in [-0.39, 0.29) is 19.0 Å². The summed E-state index contributed by atoms with van der Waals surface area (Å²) in [6.07, 6.45) is 5.16. The summed E-state index contributed by atoms with van der Waals surface area (Å²) in [6, 6.07) is 3.70. The van der Waals surface area contributed by atoms with Gasteiger partial charge >= 0.3 is 0 Å². The Morgan fingerprint density at radius 2 is 2.10 bits per heavy atom. The van der Waals surface area contributed by atoms with Crippen molar-refractivity contribution in [1.82, 2.24) is 5.32 Å². The predicted octanol–water partition coefficient (Wildman–Crippen LogP) is 2.52. The summed E-state index contributed by atoms with van der Waals surface area (Å²) in [5, 5.41) is 3.72. The molecule has 1 aromatic carbocycles. The molecule has 0 spiro atoms. The second-order valence-corrected chi connectivity index (χ2v) is 4.18. The quantitative estimate of drug-likeness (QED) is 0.590. The zero-order valence-electron chi connectivity index (χ0n) is 11.6. The number of halogens is 2. The lowest BCUT2D eigenvalue weighted by Crippen LogP contribution is -2.18. The van der Waals surface area contributed by atoms with Crippen molar-refractivity contribution in [2.75, 3.05) is 34.0 Å². The number of methoxy groups -OCH3 is 2. The Kier molecular flexibility index (Phi) is 10.0. The van der Waals surface area contributed by atoms with Crippen molar-refractivity contribution in [1.29, 1.82) is 0 Å². The van der Waals surface area contributed by atoms with Gasteiger partial charge in [0, 0.05) is 20.2 Å². The van der Waals surface area contributed by atoms with Crippen LogP contribution < -0.4 is 14.8 Å². The van der Waals surface area contributed by atoms with Gasteiger partial charge in [0.1, 0.15) is 6.61 Å². The zero-order valence-corrected chi connectivity index (χ0v) is 13.1. The second-order valence-electron chi connectivity index (χ2n) is 3.77. The van der Waals surface area contributed by atoms with E-state index in [2.05, 4.69) is 11.2 Å². The fourth-order valence-corrected chi connectivity index (χ4v) is 1.82. The van der Waals surface area contributed by atoms with Crippen molar-refractivity contribution < 1.29 is 14.2 Å². The molecule has 1 N–H and O–H groups in total. The second kappa shape index (κ2) is 10.6. The highest BCUT2D eigenvalue weighted by Gasteiger charge is 2.11. The van der Waals surface area contributed by atoms with E-state index < -0.39 is 0 Å². The zero-order chi connectivity index (χ0) is 14.1. The molecule has 0 heterocycles. The molecule has 0 amide bonds. The van der Waals surface area contributed by atoms with Crippen molar-refractivity contribution in [3.63, 3.8) is 0 Å². The third-order valence-corrected chi connectivity index (χ3v) is 2.68. The van der Waals surface area contributed by atoms with Gasteiger partial charge in [0.15, 0.2) is 11.5 Å². The van der Waals surface area contributed by atoms with Gasteiger partial charge in [0.2, 0.25) is 0 Å². The van der Waals surface area contributed by atoms with Crippen LogP contribution in [-0.4, -0.2) is 34.0 Å². The molecule has 0 aliphatic carbocycles. The minimum absolute atomic E-state index is 0. The molecule has 0 aliphatic heterocycles. The monoisotopic (exact) mass is 319 g/mol. The molecule has 0 unspecified atom stereocenters. The average molecular weight is 320 g/mol. The lowest BCUT2D eigenvalue weighted by Gasteiger charge is -2.13. The molecule has 6 heteroatoms. The first-order valence-corrected chi connectivity index (χ1v) is 6.23. The minimum Gasteiger partial charge on any atom is -0.493 e. The Morgan fingerprint density at radius 1 is 1.35 bits per heavy atom. The lowest BCUT2D eigenvalue weighted by atomic mass is 10.2. The van der Waals surface area contributed by atoms with Gasteiger partial charge in [-0.3, -0.25) is 0 Å². The summed E-state index contributed by atoms with van der Waals surface area (Å²) < 4.78 is 15.6. The summed E-state index contributed by atoms with van der Waals surface area (Å²) in [6.45, 7) is 2.26. The first-order chi connectivity index (χ1) is 9.22. The molecule has 4 nitrogen and oxygen atoms in total. The topological polar surface area (TPSA) is 39.7 Å². The van der Waals surface area contributed by atoms with Gasteiger partial charge in [0.05, 0.1) is 18.7 Å². The highest BCUT2D eigenvalue weighted by molar-refractivity contribution is 6.32. The van der Waals surface area contributed by atoms with E-state index in [9.17, 15) is 0 Å². The third kappa shape index (κ3) is 5.89. The van der Waals surface area contributed by atoms with Crippen LogP contribution in [0.4, 0.5) is 0 Å². The fourth-order valence-electron chi connectivity index (χ4n) is 1.54. The van der Waals surface area contributed by atoms with E-state index in [0.29, 0.717) is 29.7 Å². The van der Waals surface area contributed by atoms with E-state index in [1.165, 1.54) is 0 Å². The number of hydrogen-bond acceptors (Lipinski definition) is 4. The first-order valence-electron chi connectivity index (χ1n) is 5.85. The molecule has 0 atom stereocenters. The maximum absolute atomic E-state index is 6.16. The third-order valence-electron chi connectivity index (χ3n) is 2.40. The van der Waals surface area contributed by atoms with Gasteiger partial charge in [-0.1, -0.05) is 17.5 Å². The Morgan fingerprint density at radius 3 is 2.70 bits per heavy atom. The molecule has 0 saturated heterocycles. The molecule has 112 valence electrons. The number of terminal acetylenes is 1. The molecule has 0 aliphatic rings. The van der Waals surface area contributed by atoms with E-state index >= 15 is 0 Å². The normalized spacial score (nSPS) is 9.50. The smallest absolute Gasteiger partial charge is 0.181 e. The van der Waals surface area contributed by atoms with Crippen LogP contribution in [0.1, 0.15) is 5.56 Å². The Labute approximate surface area is 131 Å². The average Bonchev–Trinajstić information content (AvgIpc) is 2.42. The van der Waals surface area contributed by atoms with Crippen LogP contribution in [-0.2, 0) is 11.3 Å². The number of ether oxygens (including phenoxy) is 3. The fraction of sp³-hybridized carbons (Fsp3) is 0.429. The van der Waals surface area contributed by atoms with Gasteiger partial charge in [0.25, 0.3) is 0 Å². The molecule has 0 saturated carbocycles. The van der Waals surface area contributed by atoms with Crippen molar-refractivity contribution >= 4 is 24.0 Å². The van der Waals surface area contributed by atoms with E-state index in [1.807, 2.05) is 12.1 Å². The summed E-state index contributed by atoms with van der Waals surface area (Å²) >= 11 is 6.16. The Balaban J connectivity index is 0.00000361. The number of hydrogen-bond donors (Lipinski definition) is 1. The van der Waals surface area contributed by atoms with Crippen LogP contribution in [0.3, 0.4) is 0 Å². The molecule has 20 heavy (non-hydrogen) atoms. The maximum Gasteiger partial charge on any atom is 0.181 e. The number of benzene rings is 1.